The zero-order valence-corrected chi connectivity index (χ0v) is 17.8. The molecule has 1 aliphatic rings. The summed E-state index contributed by atoms with van der Waals surface area (Å²) >= 11 is 0. The van der Waals surface area contributed by atoms with Crippen LogP contribution in [0.5, 0.6) is 0 Å². The van der Waals surface area contributed by atoms with Gasteiger partial charge in [0.15, 0.2) is 0 Å². The number of halogens is 1. The van der Waals surface area contributed by atoms with Crippen molar-refractivity contribution in [2.45, 2.75) is 6.92 Å². The van der Waals surface area contributed by atoms with Crippen molar-refractivity contribution in [3.8, 4) is 5.69 Å². The van der Waals surface area contributed by atoms with Crippen molar-refractivity contribution in [3.63, 3.8) is 0 Å². The number of benzene rings is 2. The molecule has 2 heterocycles. The molecule has 0 aliphatic carbocycles. The number of aromatic nitrogens is 2. The number of fused-ring (bicyclic) bond motifs is 1. The first kappa shape index (κ1) is 22.1. The molecule has 0 saturated carbocycles. The highest BCUT2D eigenvalue weighted by atomic mass is 35.5. The largest absolute Gasteiger partial charge is 0.462 e. The zero-order valence-electron chi connectivity index (χ0n) is 17.0. The van der Waals surface area contributed by atoms with Crippen LogP contribution in [0.15, 0.2) is 48.8 Å². The molecule has 0 atom stereocenters. The summed E-state index contributed by atoms with van der Waals surface area (Å²) < 4.78 is 7.12. The summed E-state index contributed by atoms with van der Waals surface area (Å²) in [4.78, 5) is 21.1. The number of nitrogens with zero attached hydrogens (tertiary/aromatic N) is 4. The van der Waals surface area contributed by atoms with Gasteiger partial charge in [-0.2, -0.15) is 0 Å². The molecule has 2 aromatic carbocycles. The fraction of sp³-hybridized carbons (Fsp3) is 0.364. The first-order valence-corrected chi connectivity index (χ1v) is 10.0. The Hall–Kier alpha value is -2.61. The van der Waals surface area contributed by atoms with Gasteiger partial charge in [0.25, 0.3) is 0 Å². The van der Waals surface area contributed by atoms with Gasteiger partial charge in [-0.3, -0.25) is 9.47 Å². The molecule has 0 amide bonds. The average molecular weight is 431 g/mol. The third kappa shape index (κ3) is 4.59. The molecule has 0 bridgehead atoms. The highest BCUT2D eigenvalue weighted by molar-refractivity contribution is 5.94. The van der Waals surface area contributed by atoms with E-state index in [1.807, 2.05) is 10.6 Å². The normalized spacial score (nSPS) is 14.5. The summed E-state index contributed by atoms with van der Waals surface area (Å²) in [7, 11) is 0. The smallest absolute Gasteiger partial charge is 0.338 e. The summed E-state index contributed by atoms with van der Waals surface area (Å²) in [6, 6.07) is 13.9. The molecule has 1 fully saturated rings. The number of β-amino-alcohol motifs (C(OH)–C–C–N with tert-alkyl or cyclic N) is 1. The summed E-state index contributed by atoms with van der Waals surface area (Å²) in [5.74, 6) is -0.328. The lowest BCUT2D eigenvalue weighted by atomic mass is 10.2. The van der Waals surface area contributed by atoms with Crippen LogP contribution in [0.1, 0.15) is 17.3 Å². The molecule has 4 rings (SSSR count). The Balaban J connectivity index is 0.00000256. The van der Waals surface area contributed by atoms with E-state index >= 15 is 0 Å². The SMILES string of the molecule is CCOC(=O)c1ccc2c(c1)ncn2-c1cccc(N2CCN(CCO)CC2)c1.Cl. The van der Waals surface area contributed by atoms with Gasteiger partial charge in [0.1, 0.15) is 6.33 Å². The standard InChI is InChI=1S/C22H26N4O3.ClH/c1-2-29-22(28)17-6-7-21-20(14-17)23-16-26(21)19-5-3-4-18(15-19)25-10-8-24(9-11-25)12-13-27;/h3-7,14-16,27H,2,8-13H2,1H3;1H. The van der Waals surface area contributed by atoms with Crippen LogP contribution in [0, 0.1) is 0 Å². The Bertz CT molecular complexity index is 999. The first-order valence-electron chi connectivity index (χ1n) is 10.0. The van der Waals surface area contributed by atoms with Gasteiger partial charge in [0.2, 0.25) is 0 Å². The molecule has 3 aromatic rings. The maximum atomic E-state index is 12.0. The summed E-state index contributed by atoms with van der Waals surface area (Å²) in [5, 5.41) is 9.11. The minimum absolute atomic E-state index is 0. The molecule has 7 nitrogen and oxygen atoms in total. The number of rotatable bonds is 6. The third-order valence-electron chi connectivity index (χ3n) is 5.32. The molecule has 1 N–H and O–H groups in total. The average Bonchev–Trinajstić information content (AvgIpc) is 3.18. The Kier molecular flexibility index (Phi) is 7.31. The van der Waals surface area contributed by atoms with E-state index in [4.69, 9.17) is 9.84 Å². The molecule has 8 heteroatoms. The van der Waals surface area contributed by atoms with Crippen LogP contribution in [-0.4, -0.2) is 71.5 Å². The van der Waals surface area contributed by atoms with E-state index in [2.05, 4.69) is 39.0 Å². The van der Waals surface area contributed by atoms with Crippen molar-refractivity contribution in [1.82, 2.24) is 14.5 Å². The Morgan fingerprint density at radius 3 is 2.60 bits per heavy atom. The van der Waals surface area contributed by atoms with Crippen LogP contribution >= 0.6 is 12.4 Å². The van der Waals surface area contributed by atoms with Crippen molar-refractivity contribution in [3.05, 3.63) is 54.4 Å². The van der Waals surface area contributed by atoms with Crippen molar-refractivity contribution >= 4 is 35.1 Å². The number of hydrogen-bond donors (Lipinski definition) is 1. The molecule has 0 unspecified atom stereocenters. The summed E-state index contributed by atoms with van der Waals surface area (Å²) in [6.45, 7) is 6.89. The lowest BCUT2D eigenvalue weighted by Gasteiger charge is -2.36. The molecular weight excluding hydrogens is 404 g/mol. The Morgan fingerprint density at radius 2 is 1.87 bits per heavy atom. The van der Waals surface area contributed by atoms with Gasteiger partial charge in [-0.1, -0.05) is 6.07 Å². The second-order valence-corrected chi connectivity index (χ2v) is 7.11. The highest BCUT2D eigenvalue weighted by Crippen LogP contribution is 2.24. The molecule has 160 valence electrons. The van der Waals surface area contributed by atoms with Gasteiger partial charge < -0.3 is 14.7 Å². The van der Waals surface area contributed by atoms with Crippen molar-refractivity contribution in [2.24, 2.45) is 0 Å². The molecule has 0 spiro atoms. The van der Waals surface area contributed by atoms with E-state index in [0.717, 1.165) is 49.4 Å². The summed E-state index contributed by atoms with van der Waals surface area (Å²) in [5.41, 5.74) is 4.43. The number of imidazole rings is 1. The summed E-state index contributed by atoms with van der Waals surface area (Å²) in [6.07, 6.45) is 1.79. The van der Waals surface area contributed by atoms with Gasteiger partial charge in [-0.15, -0.1) is 12.4 Å². The highest BCUT2D eigenvalue weighted by Gasteiger charge is 2.17. The lowest BCUT2D eigenvalue weighted by Crippen LogP contribution is -2.47. The third-order valence-corrected chi connectivity index (χ3v) is 5.32. The van der Waals surface area contributed by atoms with Crippen molar-refractivity contribution < 1.29 is 14.6 Å². The number of esters is 1. The fourth-order valence-corrected chi connectivity index (χ4v) is 3.77. The van der Waals surface area contributed by atoms with Gasteiger partial charge in [0, 0.05) is 44.1 Å². The van der Waals surface area contributed by atoms with Crippen molar-refractivity contribution in [2.75, 3.05) is 50.8 Å². The number of anilines is 1. The van der Waals surface area contributed by atoms with Crippen LogP contribution in [-0.2, 0) is 4.74 Å². The first-order chi connectivity index (χ1) is 14.2. The molecule has 0 radical (unpaired) electrons. The molecule has 1 saturated heterocycles. The van der Waals surface area contributed by atoms with E-state index in [-0.39, 0.29) is 25.0 Å². The predicted molar refractivity (Wildman–Crippen MR) is 120 cm³/mol. The van der Waals surface area contributed by atoms with E-state index in [1.54, 1.807) is 25.4 Å². The van der Waals surface area contributed by atoms with Crippen LogP contribution in [0.3, 0.4) is 0 Å². The maximum Gasteiger partial charge on any atom is 0.338 e. The van der Waals surface area contributed by atoms with E-state index in [0.29, 0.717) is 12.2 Å². The molecule has 1 aromatic heterocycles. The van der Waals surface area contributed by atoms with Crippen LogP contribution in [0.2, 0.25) is 0 Å². The van der Waals surface area contributed by atoms with Crippen LogP contribution in [0.4, 0.5) is 5.69 Å². The topological polar surface area (TPSA) is 70.8 Å². The van der Waals surface area contributed by atoms with E-state index < -0.39 is 0 Å². The number of piperazine rings is 1. The monoisotopic (exact) mass is 430 g/mol. The van der Waals surface area contributed by atoms with E-state index in [9.17, 15) is 4.79 Å². The number of carbonyl (C=O) groups is 1. The molecule has 1 aliphatic heterocycles. The Labute approximate surface area is 182 Å². The van der Waals surface area contributed by atoms with Gasteiger partial charge in [-0.25, -0.2) is 9.78 Å². The number of aliphatic hydroxyl groups is 1. The zero-order chi connectivity index (χ0) is 20.2. The number of hydrogen-bond acceptors (Lipinski definition) is 6. The fourth-order valence-electron chi connectivity index (χ4n) is 3.77. The molecular formula is C22H27ClN4O3. The maximum absolute atomic E-state index is 12.0. The van der Waals surface area contributed by atoms with Gasteiger partial charge >= 0.3 is 5.97 Å². The number of aliphatic hydroxyl groups excluding tert-OH is 1. The van der Waals surface area contributed by atoms with Gasteiger partial charge in [-0.05, 0) is 43.3 Å². The van der Waals surface area contributed by atoms with Gasteiger partial charge in [0.05, 0.1) is 29.8 Å². The second-order valence-electron chi connectivity index (χ2n) is 7.11. The van der Waals surface area contributed by atoms with Crippen LogP contribution in [0.25, 0.3) is 16.7 Å². The predicted octanol–water partition coefficient (Wildman–Crippen LogP) is 2.74. The number of carbonyl (C=O) groups excluding carboxylic acids is 1. The number of ether oxygens (including phenoxy) is 1. The second kappa shape index (κ2) is 9.93. The quantitative estimate of drug-likeness (QED) is 0.606. The van der Waals surface area contributed by atoms with Crippen LogP contribution < -0.4 is 4.90 Å². The Morgan fingerprint density at radius 1 is 1.10 bits per heavy atom. The minimum Gasteiger partial charge on any atom is -0.462 e. The van der Waals surface area contributed by atoms with E-state index in [1.165, 1.54) is 5.69 Å². The van der Waals surface area contributed by atoms with Crippen molar-refractivity contribution in [1.29, 1.82) is 0 Å². The lowest BCUT2D eigenvalue weighted by molar-refractivity contribution is 0.0526. The molecule has 30 heavy (non-hydrogen) atoms. The minimum atomic E-state index is -0.328.